The van der Waals surface area contributed by atoms with Crippen molar-refractivity contribution in [2.45, 2.75) is 17.9 Å². The topological polar surface area (TPSA) is 81.2 Å². The van der Waals surface area contributed by atoms with Crippen molar-refractivity contribution in [3.63, 3.8) is 0 Å². The van der Waals surface area contributed by atoms with Gasteiger partial charge in [0.25, 0.3) is 10.0 Å². The summed E-state index contributed by atoms with van der Waals surface area (Å²) in [5, 5.41) is 4.13. The van der Waals surface area contributed by atoms with Gasteiger partial charge in [0, 0.05) is 19.3 Å². The Morgan fingerprint density at radius 3 is 2.80 bits per heavy atom. The molecular weight excluding hydrogens is 276 g/mol. The molecule has 2 heterocycles. The predicted octanol–water partition coefficient (Wildman–Crippen LogP) is 1.14. The minimum atomic E-state index is -3.60. The van der Waals surface area contributed by atoms with Crippen molar-refractivity contribution in [2.24, 2.45) is 7.05 Å². The van der Waals surface area contributed by atoms with Crippen LogP contribution in [-0.4, -0.2) is 24.7 Å². The molecule has 2 aromatic rings. The highest BCUT2D eigenvalue weighted by molar-refractivity contribution is 7.92. The van der Waals surface area contributed by atoms with Crippen molar-refractivity contribution < 1.29 is 8.42 Å². The largest absolute Gasteiger partial charge is 0.399 e. The monoisotopic (exact) mass is 292 g/mol. The first-order valence-electron chi connectivity index (χ1n) is 6.39. The fourth-order valence-electron chi connectivity index (χ4n) is 2.54. The maximum Gasteiger partial charge on any atom is 0.281 e. The number of nitrogen functional groups attached to an aromatic ring is 1. The van der Waals surface area contributed by atoms with E-state index >= 15 is 0 Å². The third-order valence-electron chi connectivity index (χ3n) is 3.52. The van der Waals surface area contributed by atoms with Crippen LogP contribution in [0.15, 0.2) is 35.5 Å². The SMILES string of the molecule is Cn1nccc1S(=O)(=O)N1CCCc2ccc(N)cc21. The van der Waals surface area contributed by atoms with Gasteiger partial charge >= 0.3 is 0 Å². The molecule has 0 amide bonds. The summed E-state index contributed by atoms with van der Waals surface area (Å²) in [5.74, 6) is 0. The Kier molecular flexibility index (Phi) is 2.93. The van der Waals surface area contributed by atoms with Crippen LogP contribution in [0.1, 0.15) is 12.0 Å². The summed E-state index contributed by atoms with van der Waals surface area (Å²) in [6.07, 6.45) is 3.15. The molecule has 1 aromatic heterocycles. The molecule has 1 aromatic carbocycles. The number of fused-ring (bicyclic) bond motifs is 1. The van der Waals surface area contributed by atoms with E-state index in [4.69, 9.17) is 5.73 Å². The maximum absolute atomic E-state index is 12.8. The molecule has 6 nitrogen and oxygen atoms in total. The standard InChI is InChI=1S/C13H16N4O2S/c1-16-13(6-7-15-16)20(18,19)17-8-2-3-10-4-5-11(14)9-12(10)17/h4-7,9H,2-3,8,14H2,1H3. The number of aromatic nitrogens is 2. The Balaban J connectivity index is 2.13. The highest BCUT2D eigenvalue weighted by atomic mass is 32.2. The number of nitrogens with zero attached hydrogens (tertiary/aromatic N) is 3. The molecule has 0 atom stereocenters. The van der Waals surface area contributed by atoms with Crippen LogP contribution in [0.25, 0.3) is 0 Å². The van der Waals surface area contributed by atoms with Gasteiger partial charge in [0.1, 0.15) is 0 Å². The number of hydrogen-bond donors (Lipinski definition) is 1. The number of hydrogen-bond acceptors (Lipinski definition) is 4. The summed E-state index contributed by atoms with van der Waals surface area (Å²) in [6.45, 7) is 0.462. The van der Waals surface area contributed by atoms with Gasteiger partial charge in [-0.25, -0.2) is 0 Å². The molecule has 0 unspecified atom stereocenters. The molecule has 0 bridgehead atoms. The fourth-order valence-corrected chi connectivity index (χ4v) is 4.17. The number of aryl methyl sites for hydroxylation is 2. The molecule has 0 aliphatic carbocycles. The lowest BCUT2D eigenvalue weighted by Crippen LogP contribution is -2.36. The number of rotatable bonds is 2. The Morgan fingerprint density at radius 1 is 1.30 bits per heavy atom. The second-order valence-electron chi connectivity index (χ2n) is 4.86. The van der Waals surface area contributed by atoms with Gasteiger partial charge in [0.05, 0.1) is 11.9 Å². The number of nitrogens with two attached hydrogens (primary N) is 1. The molecule has 0 spiro atoms. The molecule has 1 aliphatic heterocycles. The number of anilines is 2. The highest BCUT2D eigenvalue weighted by Gasteiger charge is 2.31. The molecule has 1 aliphatic rings. The van der Waals surface area contributed by atoms with E-state index in [-0.39, 0.29) is 5.03 Å². The third kappa shape index (κ3) is 1.94. The van der Waals surface area contributed by atoms with Gasteiger partial charge in [0.2, 0.25) is 0 Å². The zero-order valence-corrected chi connectivity index (χ0v) is 12.0. The summed E-state index contributed by atoms with van der Waals surface area (Å²) in [5.41, 5.74) is 8.05. The molecule has 2 N–H and O–H groups in total. The van der Waals surface area contributed by atoms with Gasteiger partial charge in [-0.15, -0.1) is 0 Å². The van der Waals surface area contributed by atoms with Crippen molar-refractivity contribution in [1.82, 2.24) is 9.78 Å². The summed E-state index contributed by atoms with van der Waals surface area (Å²) in [7, 11) is -1.98. The van der Waals surface area contributed by atoms with Crippen LogP contribution in [0.3, 0.4) is 0 Å². The van der Waals surface area contributed by atoms with Crippen molar-refractivity contribution >= 4 is 21.4 Å². The van der Waals surface area contributed by atoms with Gasteiger partial charge in [-0.05, 0) is 36.6 Å². The number of benzene rings is 1. The first-order chi connectivity index (χ1) is 9.50. The smallest absolute Gasteiger partial charge is 0.281 e. The fraction of sp³-hybridized carbons (Fsp3) is 0.308. The molecule has 7 heteroatoms. The lowest BCUT2D eigenvalue weighted by atomic mass is 10.0. The van der Waals surface area contributed by atoms with Gasteiger partial charge in [-0.3, -0.25) is 8.99 Å². The molecule has 0 fully saturated rings. The van der Waals surface area contributed by atoms with Gasteiger partial charge in [-0.2, -0.15) is 13.5 Å². The lowest BCUT2D eigenvalue weighted by Gasteiger charge is -2.30. The van der Waals surface area contributed by atoms with E-state index in [1.807, 2.05) is 6.07 Å². The molecule has 0 saturated carbocycles. The van der Waals surface area contributed by atoms with Crippen LogP contribution in [0.5, 0.6) is 0 Å². The summed E-state index contributed by atoms with van der Waals surface area (Å²) in [4.78, 5) is 0. The van der Waals surface area contributed by atoms with Crippen molar-refractivity contribution in [3.05, 3.63) is 36.0 Å². The van der Waals surface area contributed by atoms with Crippen LogP contribution < -0.4 is 10.0 Å². The van der Waals surface area contributed by atoms with E-state index in [1.54, 1.807) is 19.2 Å². The highest BCUT2D eigenvalue weighted by Crippen LogP contribution is 2.33. The van der Waals surface area contributed by atoms with Crippen LogP contribution >= 0.6 is 0 Å². The van der Waals surface area contributed by atoms with Crippen molar-refractivity contribution in [2.75, 3.05) is 16.6 Å². The van der Waals surface area contributed by atoms with Gasteiger partial charge in [-0.1, -0.05) is 6.07 Å². The van der Waals surface area contributed by atoms with Gasteiger partial charge in [0.15, 0.2) is 5.03 Å². The molecule has 3 rings (SSSR count). The van der Waals surface area contributed by atoms with E-state index in [9.17, 15) is 8.42 Å². The molecule has 0 saturated heterocycles. The van der Waals surface area contributed by atoms with E-state index in [2.05, 4.69) is 5.10 Å². The predicted molar refractivity (Wildman–Crippen MR) is 76.9 cm³/mol. The van der Waals surface area contributed by atoms with Crippen LogP contribution in [-0.2, 0) is 23.5 Å². The van der Waals surface area contributed by atoms with E-state index in [0.29, 0.717) is 17.9 Å². The Labute approximate surface area is 117 Å². The second-order valence-corrected chi connectivity index (χ2v) is 6.67. The lowest BCUT2D eigenvalue weighted by molar-refractivity contribution is 0.568. The molecule has 20 heavy (non-hydrogen) atoms. The van der Waals surface area contributed by atoms with Gasteiger partial charge < -0.3 is 5.73 Å². The third-order valence-corrected chi connectivity index (χ3v) is 5.40. The summed E-state index contributed by atoms with van der Waals surface area (Å²) >= 11 is 0. The zero-order chi connectivity index (χ0) is 14.3. The van der Waals surface area contributed by atoms with Crippen molar-refractivity contribution in [1.29, 1.82) is 0 Å². The molecular formula is C13H16N4O2S. The summed E-state index contributed by atoms with van der Waals surface area (Å²) < 4.78 is 28.3. The van der Waals surface area contributed by atoms with Crippen LogP contribution in [0.4, 0.5) is 11.4 Å². The van der Waals surface area contributed by atoms with E-state index in [1.165, 1.54) is 21.3 Å². The average molecular weight is 292 g/mol. The van der Waals surface area contributed by atoms with Crippen LogP contribution in [0.2, 0.25) is 0 Å². The Morgan fingerprint density at radius 2 is 2.10 bits per heavy atom. The summed E-state index contributed by atoms with van der Waals surface area (Å²) in [6, 6.07) is 6.94. The second kappa shape index (κ2) is 4.52. The average Bonchev–Trinajstić information content (AvgIpc) is 2.85. The zero-order valence-electron chi connectivity index (χ0n) is 11.2. The Bertz CT molecular complexity index is 751. The Hall–Kier alpha value is -2.02. The quantitative estimate of drug-likeness (QED) is 0.842. The van der Waals surface area contributed by atoms with Crippen LogP contribution in [0, 0.1) is 0 Å². The minimum Gasteiger partial charge on any atom is -0.399 e. The molecule has 0 radical (unpaired) electrons. The van der Waals surface area contributed by atoms with E-state index in [0.717, 1.165) is 18.4 Å². The molecule has 106 valence electrons. The van der Waals surface area contributed by atoms with E-state index < -0.39 is 10.0 Å². The normalized spacial score (nSPS) is 15.2. The first-order valence-corrected chi connectivity index (χ1v) is 7.83. The maximum atomic E-state index is 12.8. The number of sulfonamides is 1. The minimum absolute atomic E-state index is 0.188. The first kappa shape index (κ1) is 13.0. The van der Waals surface area contributed by atoms with Crippen molar-refractivity contribution in [3.8, 4) is 0 Å².